The standard InChI is InChI=1S/C11H16Cl2N2O/c1-2-5-16-7-11(15-14)9-4-3-8(12)6-10(9)13/h3-4,6,11,15H,2,5,7,14H2,1H3. The van der Waals surface area contributed by atoms with Crippen LogP contribution < -0.4 is 11.3 Å². The minimum atomic E-state index is -0.115. The van der Waals surface area contributed by atoms with Crippen molar-refractivity contribution in [1.82, 2.24) is 5.43 Å². The Labute approximate surface area is 106 Å². The molecule has 0 bridgehead atoms. The summed E-state index contributed by atoms with van der Waals surface area (Å²) in [4.78, 5) is 0. The molecule has 0 fully saturated rings. The lowest BCUT2D eigenvalue weighted by Crippen LogP contribution is -2.31. The van der Waals surface area contributed by atoms with Crippen LogP contribution in [0, 0.1) is 0 Å². The Hall–Kier alpha value is -0.320. The highest BCUT2D eigenvalue weighted by Gasteiger charge is 2.13. The Balaban J connectivity index is 2.70. The van der Waals surface area contributed by atoms with Crippen molar-refractivity contribution in [2.75, 3.05) is 13.2 Å². The van der Waals surface area contributed by atoms with E-state index < -0.39 is 0 Å². The number of hydrogen-bond acceptors (Lipinski definition) is 3. The Bertz CT molecular complexity index is 334. The molecule has 0 saturated carbocycles. The SMILES string of the molecule is CCCOCC(NN)c1ccc(Cl)cc1Cl. The van der Waals surface area contributed by atoms with E-state index in [0.29, 0.717) is 23.3 Å². The van der Waals surface area contributed by atoms with Crippen LogP contribution >= 0.6 is 23.2 Å². The molecule has 16 heavy (non-hydrogen) atoms. The average molecular weight is 263 g/mol. The van der Waals surface area contributed by atoms with E-state index >= 15 is 0 Å². The van der Waals surface area contributed by atoms with Gasteiger partial charge in [0.2, 0.25) is 0 Å². The number of ether oxygens (including phenoxy) is 1. The maximum absolute atomic E-state index is 6.08. The lowest BCUT2D eigenvalue weighted by atomic mass is 10.1. The van der Waals surface area contributed by atoms with Crippen molar-refractivity contribution in [2.24, 2.45) is 5.84 Å². The zero-order chi connectivity index (χ0) is 12.0. The second-order valence-corrected chi connectivity index (χ2v) is 4.30. The van der Waals surface area contributed by atoms with Gasteiger partial charge in [-0.05, 0) is 24.1 Å². The molecule has 0 saturated heterocycles. The molecule has 1 aromatic carbocycles. The maximum atomic E-state index is 6.08. The van der Waals surface area contributed by atoms with E-state index in [1.54, 1.807) is 12.1 Å². The van der Waals surface area contributed by atoms with Crippen LogP contribution in [-0.4, -0.2) is 13.2 Å². The summed E-state index contributed by atoms with van der Waals surface area (Å²) in [5, 5.41) is 1.20. The molecule has 3 N–H and O–H groups in total. The number of halogens is 2. The highest BCUT2D eigenvalue weighted by atomic mass is 35.5. The zero-order valence-electron chi connectivity index (χ0n) is 9.17. The minimum Gasteiger partial charge on any atom is -0.379 e. The quantitative estimate of drug-likeness (QED) is 0.471. The Morgan fingerprint density at radius 1 is 1.44 bits per heavy atom. The fraction of sp³-hybridized carbons (Fsp3) is 0.455. The van der Waals surface area contributed by atoms with Crippen molar-refractivity contribution in [1.29, 1.82) is 0 Å². The summed E-state index contributed by atoms with van der Waals surface area (Å²) in [7, 11) is 0. The van der Waals surface area contributed by atoms with Crippen molar-refractivity contribution >= 4 is 23.2 Å². The first-order valence-corrected chi connectivity index (χ1v) is 5.93. The molecular weight excluding hydrogens is 247 g/mol. The van der Waals surface area contributed by atoms with Gasteiger partial charge in [0.25, 0.3) is 0 Å². The van der Waals surface area contributed by atoms with Gasteiger partial charge in [0, 0.05) is 16.7 Å². The molecule has 3 nitrogen and oxygen atoms in total. The van der Waals surface area contributed by atoms with E-state index in [2.05, 4.69) is 12.3 Å². The highest BCUT2D eigenvalue weighted by molar-refractivity contribution is 6.35. The smallest absolute Gasteiger partial charge is 0.0708 e. The van der Waals surface area contributed by atoms with Gasteiger partial charge >= 0.3 is 0 Å². The van der Waals surface area contributed by atoms with Crippen molar-refractivity contribution in [3.63, 3.8) is 0 Å². The molecule has 0 aliphatic heterocycles. The van der Waals surface area contributed by atoms with Gasteiger partial charge in [-0.25, -0.2) is 0 Å². The summed E-state index contributed by atoms with van der Waals surface area (Å²) < 4.78 is 5.44. The molecule has 1 unspecified atom stereocenters. The van der Waals surface area contributed by atoms with Crippen molar-refractivity contribution in [3.05, 3.63) is 33.8 Å². The fourth-order valence-electron chi connectivity index (χ4n) is 1.36. The number of nitrogens with one attached hydrogen (secondary N) is 1. The second-order valence-electron chi connectivity index (χ2n) is 3.46. The monoisotopic (exact) mass is 262 g/mol. The molecule has 0 aromatic heterocycles. The lowest BCUT2D eigenvalue weighted by Gasteiger charge is -2.17. The molecule has 0 radical (unpaired) electrons. The first-order valence-electron chi connectivity index (χ1n) is 5.17. The van der Waals surface area contributed by atoms with Crippen molar-refractivity contribution in [2.45, 2.75) is 19.4 Å². The summed E-state index contributed by atoms with van der Waals surface area (Å²) in [5.41, 5.74) is 3.58. The summed E-state index contributed by atoms with van der Waals surface area (Å²) in [6, 6.07) is 5.22. The van der Waals surface area contributed by atoms with Gasteiger partial charge in [-0.3, -0.25) is 11.3 Å². The maximum Gasteiger partial charge on any atom is 0.0708 e. The second kappa shape index (κ2) is 7.09. The predicted octanol–water partition coefficient (Wildman–Crippen LogP) is 2.92. The molecule has 1 rings (SSSR count). The number of benzene rings is 1. The van der Waals surface area contributed by atoms with E-state index in [1.807, 2.05) is 6.07 Å². The normalized spacial score (nSPS) is 12.8. The van der Waals surface area contributed by atoms with E-state index in [4.69, 9.17) is 33.8 Å². The first kappa shape index (κ1) is 13.7. The van der Waals surface area contributed by atoms with Gasteiger partial charge in [0.05, 0.1) is 12.6 Å². The fourth-order valence-corrected chi connectivity index (χ4v) is 1.90. The summed E-state index contributed by atoms with van der Waals surface area (Å²) >= 11 is 11.9. The van der Waals surface area contributed by atoms with Crippen LogP contribution in [0.2, 0.25) is 10.0 Å². The molecule has 1 aromatic rings. The number of hydrazine groups is 1. The van der Waals surface area contributed by atoms with Crippen LogP contribution in [0.3, 0.4) is 0 Å². The van der Waals surface area contributed by atoms with Crippen LogP contribution in [0.1, 0.15) is 24.9 Å². The third-order valence-electron chi connectivity index (χ3n) is 2.17. The third kappa shape index (κ3) is 3.92. The lowest BCUT2D eigenvalue weighted by molar-refractivity contribution is 0.112. The number of hydrogen-bond donors (Lipinski definition) is 2. The molecule has 0 spiro atoms. The molecule has 1 atom stereocenters. The van der Waals surface area contributed by atoms with E-state index in [9.17, 15) is 0 Å². The van der Waals surface area contributed by atoms with E-state index in [1.165, 1.54) is 0 Å². The molecular formula is C11H16Cl2N2O. The first-order chi connectivity index (χ1) is 7.69. The molecule has 0 heterocycles. The Morgan fingerprint density at radius 3 is 2.75 bits per heavy atom. The molecule has 0 amide bonds. The Kier molecular flexibility index (Phi) is 6.09. The van der Waals surface area contributed by atoms with Gasteiger partial charge in [-0.1, -0.05) is 36.2 Å². The van der Waals surface area contributed by atoms with Crippen LogP contribution in [0.5, 0.6) is 0 Å². The average Bonchev–Trinajstić information content (AvgIpc) is 2.26. The number of rotatable bonds is 6. The van der Waals surface area contributed by atoms with Crippen LogP contribution in [-0.2, 0) is 4.74 Å². The topological polar surface area (TPSA) is 47.3 Å². The molecule has 90 valence electrons. The van der Waals surface area contributed by atoms with Gasteiger partial charge in [0.15, 0.2) is 0 Å². The Morgan fingerprint density at radius 2 is 2.19 bits per heavy atom. The van der Waals surface area contributed by atoms with Crippen molar-refractivity contribution < 1.29 is 4.74 Å². The van der Waals surface area contributed by atoms with Gasteiger partial charge in [-0.15, -0.1) is 0 Å². The minimum absolute atomic E-state index is 0.115. The van der Waals surface area contributed by atoms with E-state index in [0.717, 1.165) is 12.0 Å². The largest absolute Gasteiger partial charge is 0.379 e. The summed E-state index contributed by atoms with van der Waals surface area (Å²) in [6.07, 6.45) is 0.978. The van der Waals surface area contributed by atoms with Gasteiger partial charge in [0.1, 0.15) is 0 Å². The van der Waals surface area contributed by atoms with Gasteiger partial charge < -0.3 is 4.74 Å². The predicted molar refractivity (Wildman–Crippen MR) is 67.6 cm³/mol. The molecule has 5 heteroatoms. The van der Waals surface area contributed by atoms with Gasteiger partial charge in [-0.2, -0.15) is 0 Å². The summed E-state index contributed by atoms with van der Waals surface area (Å²) in [5.74, 6) is 5.47. The summed E-state index contributed by atoms with van der Waals surface area (Å²) in [6.45, 7) is 3.26. The van der Waals surface area contributed by atoms with Crippen molar-refractivity contribution in [3.8, 4) is 0 Å². The highest BCUT2D eigenvalue weighted by Crippen LogP contribution is 2.26. The third-order valence-corrected chi connectivity index (χ3v) is 2.73. The number of nitrogens with two attached hydrogens (primary N) is 1. The van der Waals surface area contributed by atoms with Crippen LogP contribution in [0.15, 0.2) is 18.2 Å². The molecule has 0 aliphatic carbocycles. The van der Waals surface area contributed by atoms with E-state index in [-0.39, 0.29) is 6.04 Å². The van der Waals surface area contributed by atoms with Crippen LogP contribution in [0.4, 0.5) is 0 Å². The molecule has 0 aliphatic rings. The zero-order valence-corrected chi connectivity index (χ0v) is 10.7. The van der Waals surface area contributed by atoms with Crippen LogP contribution in [0.25, 0.3) is 0 Å².